The molecule has 138 valence electrons. The van der Waals surface area contributed by atoms with E-state index in [2.05, 4.69) is 20.9 Å². The molecule has 3 aromatic rings. The van der Waals surface area contributed by atoms with Crippen LogP contribution in [0.3, 0.4) is 0 Å². The Morgan fingerprint density at radius 1 is 0.889 bits per heavy atom. The Bertz CT molecular complexity index is 968. The van der Waals surface area contributed by atoms with Gasteiger partial charge < -0.3 is 10.6 Å². The van der Waals surface area contributed by atoms with Crippen LogP contribution >= 0.6 is 22.9 Å². The summed E-state index contributed by atoms with van der Waals surface area (Å²) in [6.45, 7) is 3.70. The number of amides is 3. The number of nitrogens with zero attached hydrogens (tertiary/aromatic N) is 1. The first kappa shape index (κ1) is 18.9. The number of rotatable bonds is 4. The maximum absolute atomic E-state index is 12.5. The molecule has 3 N–H and O–H groups in total. The zero-order valence-corrected chi connectivity index (χ0v) is 16.2. The van der Waals surface area contributed by atoms with Crippen LogP contribution in [0.2, 0.25) is 5.02 Å². The van der Waals surface area contributed by atoms with E-state index in [1.807, 2.05) is 31.2 Å². The third-order valence-corrected chi connectivity index (χ3v) is 4.96. The van der Waals surface area contributed by atoms with Gasteiger partial charge in [-0.3, -0.25) is 10.1 Å². The molecule has 1 aromatic heterocycles. The lowest BCUT2D eigenvalue weighted by Gasteiger charge is -2.05. The Labute approximate surface area is 165 Å². The standard InChI is InChI=1S/C19H17ClN4O2S/c1-11-3-7-14(8-4-11)22-17(25)16-12(2)21-19(27-16)24-18(26)23-15-9-5-13(20)6-10-15/h3-10H,1-2H3,(H,22,25)(H2,21,23,24,26). The monoisotopic (exact) mass is 400 g/mol. The fourth-order valence-corrected chi connectivity index (χ4v) is 3.26. The van der Waals surface area contributed by atoms with Gasteiger partial charge in [-0.05, 0) is 50.2 Å². The van der Waals surface area contributed by atoms with Crippen molar-refractivity contribution >= 4 is 51.4 Å². The number of nitrogens with one attached hydrogen (secondary N) is 3. The predicted molar refractivity (Wildman–Crippen MR) is 110 cm³/mol. The number of aromatic nitrogens is 1. The summed E-state index contributed by atoms with van der Waals surface area (Å²) in [6.07, 6.45) is 0. The lowest BCUT2D eigenvalue weighted by atomic mass is 10.2. The van der Waals surface area contributed by atoms with Gasteiger partial charge in [-0.2, -0.15) is 0 Å². The van der Waals surface area contributed by atoms with Gasteiger partial charge in [0.1, 0.15) is 4.88 Å². The van der Waals surface area contributed by atoms with Crippen molar-refractivity contribution in [3.63, 3.8) is 0 Å². The Hall–Kier alpha value is -2.90. The SMILES string of the molecule is Cc1ccc(NC(=O)c2sc(NC(=O)Nc3ccc(Cl)cc3)nc2C)cc1. The number of thiazole rings is 1. The van der Waals surface area contributed by atoms with Crippen LogP contribution in [0.4, 0.5) is 21.3 Å². The molecule has 8 heteroatoms. The number of urea groups is 1. The van der Waals surface area contributed by atoms with Crippen LogP contribution in [0.5, 0.6) is 0 Å². The zero-order chi connectivity index (χ0) is 19.4. The van der Waals surface area contributed by atoms with Crippen LogP contribution in [-0.2, 0) is 0 Å². The first-order valence-corrected chi connectivity index (χ1v) is 9.29. The second kappa shape index (κ2) is 8.20. The molecule has 0 aliphatic heterocycles. The van der Waals surface area contributed by atoms with E-state index in [0.717, 1.165) is 16.9 Å². The van der Waals surface area contributed by atoms with E-state index in [1.165, 1.54) is 0 Å². The van der Waals surface area contributed by atoms with Gasteiger partial charge in [0.2, 0.25) is 0 Å². The van der Waals surface area contributed by atoms with E-state index in [9.17, 15) is 9.59 Å². The third kappa shape index (κ3) is 5.06. The maximum Gasteiger partial charge on any atom is 0.325 e. The molecule has 0 bridgehead atoms. The van der Waals surface area contributed by atoms with Crippen molar-refractivity contribution in [1.82, 2.24) is 4.98 Å². The first-order valence-electron chi connectivity index (χ1n) is 8.10. The number of aryl methyl sites for hydroxylation is 2. The molecule has 2 aromatic carbocycles. The van der Waals surface area contributed by atoms with Gasteiger partial charge in [-0.15, -0.1) is 0 Å². The van der Waals surface area contributed by atoms with E-state index in [-0.39, 0.29) is 5.91 Å². The van der Waals surface area contributed by atoms with Gasteiger partial charge >= 0.3 is 6.03 Å². The highest BCUT2D eigenvalue weighted by Gasteiger charge is 2.17. The van der Waals surface area contributed by atoms with Crippen molar-refractivity contribution in [2.75, 3.05) is 16.0 Å². The van der Waals surface area contributed by atoms with E-state index in [4.69, 9.17) is 11.6 Å². The van der Waals surface area contributed by atoms with Crippen molar-refractivity contribution in [2.45, 2.75) is 13.8 Å². The molecule has 0 radical (unpaired) electrons. The summed E-state index contributed by atoms with van der Waals surface area (Å²) in [6, 6.07) is 13.8. The minimum absolute atomic E-state index is 0.264. The molecule has 0 saturated carbocycles. The number of carbonyl (C=O) groups excluding carboxylic acids is 2. The Balaban J connectivity index is 1.64. The summed E-state index contributed by atoms with van der Waals surface area (Å²) in [5.41, 5.74) is 2.96. The normalized spacial score (nSPS) is 10.3. The topological polar surface area (TPSA) is 83.1 Å². The third-order valence-electron chi connectivity index (χ3n) is 3.63. The number of benzene rings is 2. The molecule has 0 atom stereocenters. The number of hydrogen-bond acceptors (Lipinski definition) is 4. The van der Waals surface area contributed by atoms with Crippen LogP contribution in [0, 0.1) is 13.8 Å². The summed E-state index contributed by atoms with van der Waals surface area (Å²) in [7, 11) is 0. The van der Waals surface area contributed by atoms with Crippen molar-refractivity contribution in [3.8, 4) is 0 Å². The van der Waals surface area contributed by atoms with Crippen LogP contribution < -0.4 is 16.0 Å². The summed E-state index contributed by atoms with van der Waals surface area (Å²) >= 11 is 6.93. The van der Waals surface area contributed by atoms with Crippen molar-refractivity contribution in [2.24, 2.45) is 0 Å². The lowest BCUT2D eigenvalue weighted by Crippen LogP contribution is -2.19. The second-order valence-corrected chi connectivity index (χ2v) is 7.28. The van der Waals surface area contributed by atoms with E-state index < -0.39 is 6.03 Å². The quantitative estimate of drug-likeness (QED) is 0.555. The smallest absolute Gasteiger partial charge is 0.321 e. The average molecular weight is 401 g/mol. The number of halogens is 1. The molecular formula is C19H17ClN4O2S. The van der Waals surface area contributed by atoms with Crippen LogP contribution in [0.25, 0.3) is 0 Å². The molecule has 0 spiro atoms. The second-order valence-electron chi connectivity index (χ2n) is 5.84. The van der Waals surface area contributed by atoms with Gasteiger partial charge in [-0.1, -0.05) is 40.6 Å². The van der Waals surface area contributed by atoms with Gasteiger partial charge in [0.05, 0.1) is 5.69 Å². The summed E-state index contributed by atoms with van der Waals surface area (Å²) in [5.74, 6) is -0.264. The zero-order valence-electron chi connectivity index (χ0n) is 14.7. The van der Waals surface area contributed by atoms with Crippen LogP contribution in [0.15, 0.2) is 48.5 Å². The van der Waals surface area contributed by atoms with Crippen molar-refractivity contribution in [3.05, 3.63) is 69.7 Å². The molecule has 0 fully saturated rings. The molecule has 0 unspecified atom stereocenters. The number of hydrogen-bond donors (Lipinski definition) is 3. The number of anilines is 3. The lowest BCUT2D eigenvalue weighted by molar-refractivity contribution is 0.103. The summed E-state index contributed by atoms with van der Waals surface area (Å²) in [4.78, 5) is 29.2. The molecule has 6 nitrogen and oxygen atoms in total. The van der Waals surface area contributed by atoms with Crippen LogP contribution in [-0.4, -0.2) is 16.9 Å². The van der Waals surface area contributed by atoms with Gasteiger partial charge in [0, 0.05) is 16.4 Å². The van der Waals surface area contributed by atoms with E-state index in [1.54, 1.807) is 31.2 Å². The summed E-state index contributed by atoms with van der Waals surface area (Å²) < 4.78 is 0. The molecule has 0 aliphatic rings. The van der Waals surface area contributed by atoms with Gasteiger partial charge in [0.15, 0.2) is 5.13 Å². The molecule has 3 rings (SSSR count). The molecule has 27 heavy (non-hydrogen) atoms. The molecule has 0 saturated heterocycles. The molecule has 1 heterocycles. The fourth-order valence-electron chi connectivity index (χ4n) is 2.28. The largest absolute Gasteiger partial charge is 0.325 e. The first-order chi connectivity index (χ1) is 12.9. The Morgan fingerprint density at radius 2 is 1.48 bits per heavy atom. The highest BCUT2D eigenvalue weighted by atomic mass is 35.5. The highest BCUT2D eigenvalue weighted by Crippen LogP contribution is 2.24. The highest BCUT2D eigenvalue weighted by molar-refractivity contribution is 7.17. The Kier molecular flexibility index (Phi) is 5.73. The Morgan fingerprint density at radius 3 is 2.15 bits per heavy atom. The minimum atomic E-state index is -0.448. The summed E-state index contributed by atoms with van der Waals surface area (Å²) in [5, 5.41) is 9.07. The minimum Gasteiger partial charge on any atom is -0.321 e. The molecule has 3 amide bonds. The van der Waals surface area contributed by atoms with Crippen molar-refractivity contribution in [1.29, 1.82) is 0 Å². The number of carbonyl (C=O) groups is 2. The fraction of sp³-hybridized carbons (Fsp3) is 0.105. The maximum atomic E-state index is 12.5. The van der Waals surface area contributed by atoms with Crippen LogP contribution in [0.1, 0.15) is 20.9 Å². The van der Waals surface area contributed by atoms with Gasteiger partial charge in [-0.25, -0.2) is 9.78 Å². The van der Waals surface area contributed by atoms with Crippen molar-refractivity contribution < 1.29 is 9.59 Å². The predicted octanol–water partition coefficient (Wildman–Crippen LogP) is 5.31. The van der Waals surface area contributed by atoms with E-state index >= 15 is 0 Å². The van der Waals surface area contributed by atoms with E-state index in [0.29, 0.717) is 32.1 Å². The molecular weight excluding hydrogens is 384 g/mol. The molecule has 0 aliphatic carbocycles. The van der Waals surface area contributed by atoms with Gasteiger partial charge in [0.25, 0.3) is 5.91 Å². The average Bonchev–Trinajstić information content (AvgIpc) is 2.99.